The SMILES string of the molecule is C#CC(CCC)NC1CCNCc2ccccc21. The predicted octanol–water partition coefficient (Wildman–Crippen LogP) is 2.61. The van der Waals surface area contributed by atoms with Crippen LogP contribution in [0.3, 0.4) is 0 Å². The normalized spacial score (nSPS) is 20.6. The van der Waals surface area contributed by atoms with Gasteiger partial charge in [-0.05, 0) is 30.5 Å². The van der Waals surface area contributed by atoms with Crippen LogP contribution in [0.25, 0.3) is 0 Å². The summed E-state index contributed by atoms with van der Waals surface area (Å²) in [7, 11) is 0. The average Bonchev–Trinajstić information content (AvgIpc) is 2.61. The highest BCUT2D eigenvalue weighted by atomic mass is 15.0. The lowest BCUT2D eigenvalue weighted by Crippen LogP contribution is -2.32. The molecule has 1 heterocycles. The Morgan fingerprint density at radius 2 is 2.33 bits per heavy atom. The van der Waals surface area contributed by atoms with Crippen LogP contribution in [0.1, 0.15) is 43.4 Å². The lowest BCUT2D eigenvalue weighted by Gasteiger charge is -2.23. The lowest BCUT2D eigenvalue weighted by molar-refractivity contribution is 0.447. The van der Waals surface area contributed by atoms with Gasteiger partial charge in [-0.25, -0.2) is 0 Å². The molecule has 0 radical (unpaired) electrons. The molecular weight excluding hydrogens is 220 g/mol. The number of benzene rings is 1. The van der Waals surface area contributed by atoms with E-state index in [1.807, 2.05) is 0 Å². The summed E-state index contributed by atoms with van der Waals surface area (Å²) in [5.74, 6) is 2.87. The molecule has 0 spiro atoms. The molecule has 2 rings (SSSR count). The van der Waals surface area contributed by atoms with E-state index in [0.29, 0.717) is 6.04 Å². The average molecular weight is 242 g/mol. The fraction of sp³-hybridized carbons (Fsp3) is 0.500. The Kier molecular flexibility index (Phi) is 4.81. The number of terminal acetylenes is 1. The Hall–Kier alpha value is -1.30. The molecule has 1 aromatic rings. The molecule has 1 aliphatic heterocycles. The molecule has 1 aliphatic rings. The predicted molar refractivity (Wildman–Crippen MR) is 76.2 cm³/mol. The fourth-order valence-electron chi connectivity index (χ4n) is 2.58. The minimum absolute atomic E-state index is 0.186. The van der Waals surface area contributed by atoms with Gasteiger partial charge in [-0.1, -0.05) is 43.5 Å². The van der Waals surface area contributed by atoms with Gasteiger partial charge in [0.1, 0.15) is 0 Å². The van der Waals surface area contributed by atoms with E-state index in [0.717, 1.165) is 32.4 Å². The maximum atomic E-state index is 5.61. The summed E-state index contributed by atoms with van der Waals surface area (Å²) in [5.41, 5.74) is 2.79. The Morgan fingerprint density at radius 3 is 3.11 bits per heavy atom. The minimum atomic E-state index is 0.186. The molecule has 0 saturated carbocycles. The van der Waals surface area contributed by atoms with Gasteiger partial charge in [0, 0.05) is 12.6 Å². The van der Waals surface area contributed by atoms with E-state index in [2.05, 4.69) is 47.7 Å². The zero-order valence-electron chi connectivity index (χ0n) is 11.1. The molecule has 2 heteroatoms. The highest BCUT2D eigenvalue weighted by molar-refractivity contribution is 5.31. The van der Waals surface area contributed by atoms with Crippen molar-refractivity contribution in [3.05, 3.63) is 35.4 Å². The Bertz CT molecular complexity index is 419. The topological polar surface area (TPSA) is 24.1 Å². The van der Waals surface area contributed by atoms with Crippen molar-refractivity contribution in [3.8, 4) is 12.3 Å². The number of hydrogen-bond acceptors (Lipinski definition) is 2. The first-order valence-corrected chi connectivity index (χ1v) is 6.85. The molecule has 2 N–H and O–H groups in total. The third kappa shape index (κ3) is 3.13. The maximum absolute atomic E-state index is 5.61. The molecule has 0 bridgehead atoms. The Labute approximate surface area is 110 Å². The van der Waals surface area contributed by atoms with Crippen LogP contribution in [-0.4, -0.2) is 12.6 Å². The summed E-state index contributed by atoms with van der Waals surface area (Å²) in [6.45, 7) is 4.17. The molecule has 0 fully saturated rings. The molecule has 96 valence electrons. The second-order valence-electron chi connectivity index (χ2n) is 4.89. The summed E-state index contributed by atoms with van der Waals surface area (Å²) in [6, 6.07) is 9.21. The van der Waals surface area contributed by atoms with Crippen LogP contribution in [0.5, 0.6) is 0 Å². The number of nitrogens with one attached hydrogen (secondary N) is 2. The highest BCUT2D eigenvalue weighted by Crippen LogP contribution is 2.24. The first-order valence-electron chi connectivity index (χ1n) is 6.85. The van der Waals surface area contributed by atoms with Crippen molar-refractivity contribution in [2.75, 3.05) is 6.54 Å². The smallest absolute Gasteiger partial charge is 0.0691 e. The summed E-state index contributed by atoms with van der Waals surface area (Å²) in [5, 5.41) is 7.09. The molecule has 0 aliphatic carbocycles. The molecule has 2 atom stereocenters. The molecule has 18 heavy (non-hydrogen) atoms. The van der Waals surface area contributed by atoms with Crippen LogP contribution in [0, 0.1) is 12.3 Å². The van der Waals surface area contributed by atoms with E-state index in [9.17, 15) is 0 Å². The number of fused-ring (bicyclic) bond motifs is 1. The first-order chi connectivity index (χ1) is 8.85. The molecule has 0 saturated heterocycles. The van der Waals surface area contributed by atoms with Crippen molar-refractivity contribution in [3.63, 3.8) is 0 Å². The summed E-state index contributed by atoms with van der Waals surface area (Å²) >= 11 is 0. The second kappa shape index (κ2) is 6.58. The van der Waals surface area contributed by atoms with Gasteiger partial charge in [0.05, 0.1) is 6.04 Å². The van der Waals surface area contributed by atoms with Crippen LogP contribution in [0.4, 0.5) is 0 Å². The van der Waals surface area contributed by atoms with E-state index in [1.54, 1.807) is 0 Å². The zero-order chi connectivity index (χ0) is 12.8. The van der Waals surface area contributed by atoms with Gasteiger partial charge >= 0.3 is 0 Å². The van der Waals surface area contributed by atoms with Crippen LogP contribution in [0.15, 0.2) is 24.3 Å². The number of rotatable bonds is 4. The van der Waals surface area contributed by atoms with Crippen molar-refractivity contribution in [1.29, 1.82) is 0 Å². The van der Waals surface area contributed by atoms with Gasteiger partial charge in [0.15, 0.2) is 0 Å². The van der Waals surface area contributed by atoms with Crippen LogP contribution in [-0.2, 0) is 6.54 Å². The van der Waals surface area contributed by atoms with Gasteiger partial charge in [-0.2, -0.15) is 0 Å². The minimum Gasteiger partial charge on any atom is -0.313 e. The van der Waals surface area contributed by atoms with Crippen molar-refractivity contribution in [1.82, 2.24) is 10.6 Å². The standard InChI is InChI=1S/C16H22N2/c1-3-7-14(4-2)18-16-10-11-17-12-13-8-5-6-9-15(13)16/h2,5-6,8-9,14,16-18H,3,7,10-12H2,1H3. The van der Waals surface area contributed by atoms with Gasteiger partial charge in [0.25, 0.3) is 0 Å². The molecule has 2 nitrogen and oxygen atoms in total. The quantitative estimate of drug-likeness (QED) is 0.793. The maximum Gasteiger partial charge on any atom is 0.0691 e. The lowest BCUT2D eigenvalue weighted by atomic mass is 9.98. The second-order valence-corrected chi connectivity index (χ2v) is 4.89. The Morgan fingerprint density at radius 1 is 1.50 bits per heavy atom. The van der Waals surface area contributed by atoms with Crippen molar-refractivity contribution >= 4 is 0 Å². The van der Waals surface area contributed by atoms with Gasteiger partial charge in [0.2, 0.25) is 0 Å². The van der Waals surface area contributed by atoms with E-state index in [1.165, 1.54) is 11.1 Å². The zero-order valence-corrected chi connectivity index (χ0v) is 11.1. The van der Waals surface area contributed by atoms with Crippen molar-refractivity contribution in [2.24, 2.45) is 0 Å². The monoisotopic (exact) mass is 242 g/mol. The third-order valence-electron chi connectivity index (χ3n) is 3.54. The van der Waals surface area contributed by atoms with Crippen LogP contribution in [0.2, 0.25) is 0 Å². The first kappa shape index (κ1) is 13.1. The summed E-state index contributed by atoms with van der Waals surface area (Å²) in [4.78, 5) is 0. The molecule has 1 aromatic carbocycles. The van der Waals surface area contributed by atoms with E-state index < -0.39 is 0 Å². The summed E-state index contributed by atoms with van der Waals surface area (Å²) in [6.07, 6.45) is 8.87. The van der Waals surface area contributed by atoms with E-state index in [4.69, 9.17) is 6.42 Å². The van der Waals surface area contributed by atoms with Gasteiger partial charge in [-0.3, -0.25) is 5.32 Å². The van der Waals surface area contributed by atoms with E-state index >= 15 is 0 Å². The molecule has 2 unspecified atom stereocenters. The van der Waals surface area contributed by atoms with Crippen LogP contribution >= 0.6 is 0 Å². The van der Waals surface area contributed by atoms with E-state index in [-0.39, 0.29) is 6.04 Å². The molecule has 0 amide bonds. The van der Waals surface area contributed by atoms with Gasteiger partial charge in [-0.15, -0.1) is 6.42 Å². The Balaban J connectivity index is 2.15. The summed E-state index contributed by atoms with van der Waals surface area (Å²) < 4.78 is 0. The van der Waals surface area contributed by atoms with Crippen molar-refractivity contribution in [2.45, 2.75) is 44.8 Å². The highest BCUT2D eigenvalue weighted by Gasteiger charge is 2.19. The molecular formula is C16H22N2. The largest absolute Gasteiger partial charge is 0.313 e. The molecule has 0 aromatic heterocycles. The number of hydrogen-bond donors (Lipinski definition) is 2. The van der Waals surface area contributed by atoms with Crippen LogP contribution < -0.4 is 10.6 Å². The third-order valence-corrected chi connectivity index (χ3v) is 3.54. The van der Waals surface area contributed by atoms with Crippen molar-refractivity contribution < 1.29 is 0 Å². The fourth-order valence-corrected chi connectivity index (χ4v) is 2.58. The van der Waals surface area contributed by atoms with Gasteiger partial charge < -0.3 is 5.32 Å².